The van der Waals surface area contributed by atoms with Gasteiger partial charge in [-0.3, -0.25) is 4.79 Å². The molecule has 1 unspecified atom stereocenters. The van der Waals surface area contributed by atoms with Gasteiger partial charge in [0.25, 0.3) is 5.91 Å². The zero-order valence-electron chi connectivity index (χ0n) is 11.2. The topological polar surface area (TPSA) is 68.3 Å². The highest BCUT2D eigenvalue weighted by atomic mass is 79.9. The number of hydrogen-bond donors (Lipinski definition) is 2. The average Bonchev–Trinajstić information content (AvgIpc) is 2.92. The molecule has 0 aliphatic carbocycles. The molecule has 1 heterocycles. The third-order valence-corrected chi connectivity index (χ3v) is 3.71. The number of furan rings is 1. The Morgan fingerprint density at radius 1 is 1.45 bits per heavy atom. The number of carbonyl (C=O) groups is 1. The Bertz CT molecular complexity index is 582. The molecule has 0 radical (unpaired) electrons. The lowest BCUT2D eigenvalue weighted by Gasteiger charge is -2.14. The van der Waals surface area contributed by atoms with Crippen molar-refractivity contribution in [1.29, 1.82) is 0 Å². The fraction of sp³-hybridized carbons (Fsp3) is 0.267. The summed E-state index contributed by atoms with van der Waals surface area (Å²) in [5.74, 6) is 0.798. The first-order chi connectivity index (χ1) is 9.56. The lowest BCUT2D eigenvalue weighted by molar-refractivity contribution is 0.0937. The summed E-state index contributed by atoms with van der Waals surface area (Å²) in [6, 6.07) is 9.05. The SMILES string of the molecule is CC(CCc1ccco1)NC(=O)c1cc(N)ccc1Br. The highest BCUT2D eigenvalue weighted by molar-refractivity contribution is 9.10. The number of amides is 1. The lowest BCUT2D eigenvalue weighted by atomic mass is 10.1. The average molecular weight is 337 g/mol. The first kappa shape index (κ1) is 14.7. The van der Waals surface area contributed by atoms with Crippen LogP contribution in [0.1, 0.15) is 29.5 Å². The van der Waals surface area contributed by atoms with Crippen molar-refractivity contribution in [3.8, 4) is 0 Å². The molecule has 0 fully saturated rings. The van der Waals surface area contributed by atoms with Crippen LogP contribution in [0.3, 0.4) is 0 Å². The van der Waals surface area contributed by atoms with Gasteiger partial charge in [0.15, 0.2) is 0 Å². The number of nitrogens with one attached hydrogen (secondary N) is 1. The van der Waals surface area contributed by atoms with Gasteiger partial charge in [-0.1, -0.05) is 0 Å². The van der Waals surface area contributed by atoms with Gasteiger partial charge in [0.1, 0.15) is 5.76 Å². The van der Waals surface area contributed by atoms with E-state index in [9.17, 15) is 4.79 Å². The predicted molar refractivity (Wildman–Crippen MR) is 82.5 cm³/mol. The second kappa shape index (κ2) is 6.61. The van der Waals surface area contributed by atoms with Gasteiger partial charge in [-0.05, 0) is 59.6 Å². The molecular weight excluding hydrogens is 320 g/mol. The Morgan fingerprint density at radius 3 is 2.95 bits per heavy atom. The van der Waals surface area contributed by atoms with E-state index in [1.165, 1.54) is 0 Å². The smallest absolute Gasteiger partial charge is 0.252 e. The van der Waals surface area contributed by atoms with Crippen molar-refractivity contribution in [1.82, 2.24) is 5.32 Å². The molecule has 1 aromatic heterocycles. The summed E-state index contributed by atoms with van der Waals surface area (Å²) in [5.41, 5.74) is 6.83. The zero-order chi connectivity index (χ0) is 14.5. The standard InChI is InChI=1S/C15H17BrN2O2/c1-10(4-6-12-3-2-8-20-12)18-15(19)13-9-11(17)5-7-14(13)16/h2-3,5,7-10H,4,6,17H2,1H3,(H,18,19). The van der Waals surface area contributed by atoms with Gasteiger partial charge in [0.2, 0.25) is 0 Å². The van der Waals surface area contributed by atoms with Crippen LogP contribution in [-0.4, -0.2) is 11.9 Å². The van der Waals surface area contributed by atoms with Crippen molar-refractivity contribution in [2.75, 3.05) is 5.73 Å². The molecule has 5 heteroatoms. The van der Waals surface area contributed by atoms with E-state index in [4.69, 9.17) is 10.2 Å². The van der Waals surface area contributed by atoms with Gasteiger partial charge in [0, 0.05) is 22.6 Å². The molecule has 0 aliphatic rings. The van der Waals surface area contributed by atoms with Crippen LogP contribution in [0.2, 0.25) is 0 Å². The molecule has 4 nitrogen and oxygen atoms in total. The van der Waals surface area contributed by atoms with Gasteiger partial charge in [-0.25, -0.2) is 0 Å². The van der Waals surface area contributed by atoms with Crippen molar-refractivity contribution in [2.45, 2.75) is 25.8 Å². The van der Waals surface area contributed by atoms with E-state index in [0.29, 0.717) is 11.3 Å². The van der Waals surface area contributed by atoms with Crippen LogP contribution < -0.4 is 11.1 Å². The Balaban J connectivity index is 1.91. The van der Waals surface area contributed by atoms with Crippen LogP contribution in [0.15, 0.2) is 45.5 Å². The second-order valence-electron chi connectivity index (χ2n) is 4.73. The Labute approximate surface area is 126 Å². The molecule has 2 rings (SSSR count). The van der Waals surface area contributed by atoms with E-state index < -0.39 is 0 Å². The fourth-order valence-electron chi connectivity index (χ4n) is 1.90. The normalized spacial score (nSPS) is 12.1. The Morgan fingerprint density at radius 2 is 2.25 bits per heavy atom. The molecule has 0 saturated heterocycles. The van der Waals surface area contributed by atoms with Crippen LogP contribution >= 0.6 is 15.9 Å². The summed E-state index contributed by atoms with van der Waals surface area (Å²) < 4.78 is 6.01. The predicted octanol–water partition coefficient (Wildman–Crippen LogP) is 3.38. The van der Waals surface area contributed by atoms with Crippen molar-refractivity contribution in [3.63, 3.8) is 0 Å². The van der Waals surface area contributed by atoms with E-state index in [0.717, 1.165) is 23.1 Å². The molecule has 1 amide bonds. The molecule has 1 aromatic carbocycles. The molecule has 1 atom stereocenters. The zero-order valence-corrected chi connectivity index (χ0v) is 12.8. The van der Waals surface area contributed by atoms with E-state index >= 15 is 0 Å². The molecule has 3 N–H and O–H groups in total. The maximum atomic E-state index is 12.2. The number of carbonyl (C=O) groups excluding carboxylic acids is 1. The van der Waals surface area contributed by atoms with E-state index in [2.05, 4.69) is 21.2 Å². The minimum atomic E-state index is -0.129. The van der Waals surface area contributed by atoms with Crippen LogP contribution in [0.25, 0.3) is 0 Å². The van der Waals surface area contributed by atoms with Gasteiger partial charge >= 0.3 is 0 Å². The monoisotopic (exact) mass is 336 g/mol. The molecular formula is C15H17BrN2O2. The minimum absolute atomic E-state index is 0.0564. The minimum Gasteiger partial charge on any atom is -0.469 e. The van der Waals surface area contributed by atoms with Crippen molar-refractivity contribution in [2.24, 2.45) is 0 Å². The number of anilines is 1. The number of halogens is 1. The maximum absolute atomic E-state index is 12.2. The molecule has 0 aliphatic heterocycles. The molecule has 106 valence electrons. The number of nitrogens with two attached hydrogens (primary N) is 1. The second-order valence-corrected chi connectivity index (χ2v) is 5.59. The molecule has 0 saturated carbocycles. The Hall–Kier alpha value is -1.75. The van der Waals surface area contributed by atoms with Crippen LogP contribution in [-0.2, 0) is 6.42 Å². The lowest BCUT2D eigenvalue weighted by Crippen LogP contribution is -2.33. The summed E-state index contributed by atoms with van der Waals surface area (Å²) in [5, 5.41) is 2.96. The summed E-state index contributed by atoms with van der Waals surface area (Å²) in [6.45, 7) is 1.97. The van der Waals surface area contributed by atoms with E-state index in [-0.39, 0.29) is 11.9 Å². The highest BCUT2D eigenvalue weighted by Crippen LogP contribution is 2.19. The maximum Gasteiger partial charge on any atom is 0.252 e. The van der Waals surface area contributed by atoms with Gasteiger partial charge in [0.05, 0.1) is 11.8 Å². The summed E-state index contributed by atoms with van der Waals surface area (Å²) >= 11 is 3.36. The fourth-order valence-corrected chi connectivity index (χ4v) is 2.33. The quantitative estimate of drug-likeness (QED) is 0.822. The number of rotatable bonds is 5. The van der Waals surface area contributed by atoms with Crippen molar-refractivity contribution >= 4 is 27.5 Å². The summed E-state index contributed by atoms with van der Waals surface area (Å²) in [4.78, 5) is 12.2. The van der Waals surface area contributed by atoms with E-state index in [1.54, 1.807) is 24.5 Å². The van der Waals surface area contributed by atoms with E-state index in [1.807, 2.05) is 19.1 Å². The number of nitrogen functional groups attached to an aromatic ring is 1. The summed E-state index contributed by atoms with van der Waals surface area (Å²) in [7, 11) is 0. The van der Waals surface area contributed by atoms with Crippen LogP contribution in [0.4, 0.5) is 5.69 Å². The van der Waals surface area contributed by atoms with Crippen molar-refractivity contribution in [3.05, 3.63) is 52.4 Å². The van der Waals surface area contributed by atoms with Gasteiger partial charge in [-0.2, -0.15) is 0 Å². The molecule has 2 aromatic rings. The number of aryl methyl sites for hydroxylation is 1. The van der Waals surface area contributed by atoms with Gasteiger partial charge in [-0.15, -0.1) is 0 Å². The Kier molecular flexibility index (Phi) is 4.84. The molecule has 0 bridgehead atoms. The number of benzene rings is 1. The third-order valence-electron chi connectivity index (χ3n) is 3.02. The van der Waals surface area contributed by atoms with Gasteiger partial charge < -0.3 is 15.5 Å². The highest BCUT2D eigenvalue weighted by Gasteiger charge is 2.13. The first-order valence-electron chi connectivity index (χ1n) is 6.44. The van der Waals surface area contributed by atoms with Crippen LogP contribution in [0, 0.1) is 0 Å². The molecule has 20 heavy (non-hydrogen) atoms. The van der Waals surface area contributed by atoms with Crippen LogP contribution in [0.5, 0.6) is 0 Å². The summed E-state index contributed by atoms with van der Waals surface area (Å²) in [6.07, 6.45) is 3.27. The third kappa shape index (κ3) is 3.87. The van der Waals surface area contributed by atoms with Crippen molar-refractivity contribution < 1.29 is 9.21 Å². The molecule has 0 spiro atoms. The largest absolute Gasteiger partial charge is 0.469 e. The number of hydrogen-bond acceptors (Lipinski definition) is 3. The first-order valence-corrected chi connectivity index (χ1v) is 7.24.